The van der Waals surface area contributed by atoms with Gasteiger partial charge < -0.3 is 18.6 Å². The Balaban J connectivity index is 1.68. The van der Waals surface area contributed by atoms with Crippen LogP contribution in [0.3, 0.4) is 0 Å². The van der Waals surface area contributed by atoms with Crippen LogP contribution in [0.5, 0.6) is 0 Å². The van der Waals surface area contributed by atoms with E-state index in [-0.39, 0.29) is 29.1 Å². The number of hydrogen-bond acceptors (Lipinski definition) is 8. The number of nitrogens with zero attached hydrogens (tertiary/aromatic N) is 5. The van der Waals surface area contributed by atoms with Gasteiger partial charge in [0.2, 0.25) is 15.9 Å². The molecule has 0 bridgehead atoms. The molecule has 0 N–H and O–H groups in total. The van der Waals surface area contributed by atoms with E-state index in [2.05, 4.69) is 15.1 Å². The van der Waals surface area contributed by atoms with Crippen LogP contribution in [0.15, 0.2) is 50.3 Å². The zero-order valence-electron chi connectivity index (χ0n) is 19.6. The van der Waals surface area contributed by atoms with Crippen LogP contribution in [0.25, 0.3) is 11.7 Å². The summed E-state index contributed by atoms with van der Waals surface area (Å²) in [6.45, 7) is 4.16. The molecular weight excluding hydrogens is 458 g/mol. The molecule has 1 saturated heterocycles. The van der Waals surface area contributed by atoms with Crippen LogP contribution in [0.2, 0.25) is 0 Å². The fraction of sp³-hybridized carbons (Fsp3) is 0.435. The first kappa shape index (κ1) is 24.0. The normalized spacial score (nSPS) is 14.2. The van der Waals surface area contributed by atoms with Crippen molar-refractivity contribution in [3.63, 3.8) is 0 Å². The largest absolute Gasteiger partial charge is 0.459 e. The van der Waals surface area contributed by atoms with E-state index >= 15 is 0 Å². The van der Waals surface area contributed by atoms with Gasteiger partial charge in [-0.15, -0.1) is 10.2 Å². The third kappa shape index (κ3) is 4.85. The Bertz CT molecular complexity index is 1230. The van der Waals surface area contributed by atoms with Crippen molar-refractivity contribution in [1.82, 2.24) is 19.4 Å². The number of sulfonamides is 1. The molecule has 0 unspecified atom stereocenters. The lowest BCUT2D eigenvalue weighted by atomic mass is 10.1. The quantitative estimate of drug-likeness (QED) is 0.452. The van der Waals surface area contributed by atoms with Crippen molar-refractivity contribution in [3.8, 4) is 11.7 Å². The summed E-state index contributed by atoms with van der Waals surface area (Å²) < 4.78 is 37.7. The van der Waals surface area contributed by atoms with Crippen LogP contribution in [0, 0.1) is 0 Å². The molecule has 11 heteroatoms. The molecule has 0 atom stereocenters. The van der Waals surface area contributed by atoms with Crippen LogP contribution in [-0.2, 0) is 16.6 Å². The highest BCUT2D eigenvalue weighted by Crippen LogP contribution is 2.30. The molecule has 2 aromatic heterocycles. The van der Waals surface area contributed by atoms with E-state index in [1.54, 1.807) is 29.2 Å². The maximum atomic E-state index is 13.8. The molecule has 0 saturated carbocycles. The van der Waals surface area contributed by atoms with Gasteiger partial charge in [-0.25, -0.2) is 12.7 Å². The number of aromatic nitrogens is 2. The fourth-order valence-corrected chi connectivity index (χ4v) is 4.89. The van der Waals surface area contributed by atoms with Gasteiger partial charge in [0.25, 0.3) is 11.8 Å². The first-order valence-electron chi connectivity index (χ1n) is 11.3. The van der Waals surface area contributed by atoms with Crippen molar-refractivity contribution in [2.75, 3.05) is 38.6 Å². The molecule has 3 heterocycles. The average molecular weight is 488 g/mol. The Kier molecular flexibility index (Phi) is 7.03. The van der Waals surface area contributed by atoms with Crippen LogP contribution in [0.1, 0.15) is 42.4 Å². The Morgan fingerprint density at radius 3 is 2.56 bits per heavy atom. The topological polar surface area (TPSA) is 113 Å². The molecule has 0 radical (unpaired) electrons. The second kappa shape index (κ2) is 9.98. The number of hydrogen-bond donors (Lipinski definition) is 0. The Labute approximate surface area is 199 Å². The van der Waals surface area contributed by atoms with Crippen LogP contribution >= 0.6 is 0 Å². The summed E-state index contributed by atoms with van der Waals surface area (Å²) in [5.41, 5.74) is 1.09. The van der Waals surface area contributed by atoms with Crippen molar-refractivity contribution in [2.24, 2.45) is 0 Å². The molecule has 34 heavy (non-hydrogen) atoms. The summed E-state index contributed by atoms with van der Waals surface area (Å²) in [5, 5.41) is 8.08. The first-order chi connectivity index (χ1) is 16.3. The first-order valence-corrected chi connectivity index (χ1v) is 12.7. The standard InChI is InChI=1S/C23H29N5O5S/c1-4-11-28(16-21-24-25-22(33-21)20-8-7-14-32-20)23(29)18-15-17(34(30,31)26(2)3)9-10-19(18)27-12-5-6-13-27/h7-10,14-15H,4-6,11-13,16H2,1-3H3. The molecule has 10 nitrogen and oxygen atoms in total. The Morgan fingerprint density at radius 2 is 1.91 bits per heavy atom. The van der Waals surface area contributed by atoms with Gasteiger partial charge in [0, 0.05) is 39.4 Å². The van der Waals surface area contributed by atoms with Crippen molar-refractivity contribution < 1.29 is 22.0 Å². The van der Waals surface area contributed by atoms with Crippen LogP contribution in [-0.4, -0.2) is 67.5 Å². The van der Waals surface area contributed by atoms with E-state index in [0.717, 1.165) is 35.9 Å². The predicted molar refractivity (Wildman–Crippen MR) is 126 cm³/mol. The molecule has 0 spiro atoms. The van der Waals surface area contributed by atoms with Gasteiger partial charge in [0.1, 0.15) is 0 Å². The molecule has 1 aromatic carbocycles. The SMILES string of the molecule is CCCN(Cc1nnc(-c2ccco2)o1)C(=O)c1cc(S(=O)(=O)N(C)C)ccc1N1CCCC1. The predicted octanol–water partition coefficient (Wildman–Crippen LogP) is 3.23. The van der Waals surface area contributed by atoms with E-state index in [1.165, 1.54) is 26.4 Å². The van der Waals surface area contributed by atoms with Gasteiger partial charge in [-0.05, 0) is 49.6 Å². The highest BCUT2D eigenvalue weighted by Gasteiger charge is 2.28. The zero-order valence-corrected chi connectivity index (χ0v) is 20.4. The molecule has 182 valence electrons. The number of carbonyl (C=O) groups excluding carboxylic acids is 1. The summed E-state index contributed by atoms with van der Waals surface area (Å²) in [4.78, 5) is 17.6. The van der Waals surface area contributed by atoms with Crippen LogP contribution in [0.4, 0.5) is 5.69 Å². The summed E-state index contributed by atoms with van der Waals surface area (Å²) in [6.07, 6.45) is 4.28. The molecule has 1 aliphatic rings. The minimum atomic E-state index is -3.70. The monoisotopic (exact) mass is 487 g/mol. The lowest BCUT2D eigenvalue weighted by Crippen LogP contribution is -2.33. The van der Waals surface area contributed by atoms with Gasteiger partial charge >= 0.3 is 0 Å². The minimum Gasteiger partial charge on any atom is -0.459 e. The van der Waals surface area contributed by atoms with E-state index in [9.17, 15) is 13.2 Å². The molecule has 0 aliphatic carbocycles. The summed E-state index contributed by atoms with van der Waals surface area (Å²) >= 11 is 0. The van der Waals surface area contributed by atoms with Crippen molar-refractivity contribution >= 4 is 21.6 Å². The Morgan fingerprint density at radius 1 is 1.15 bits per heavy atom. The summed E-state index contributed by atoms with van der Waals surface area (Å²) in [5.74, 6) is 0.677. The van der Waals surface area contributed by atoms with Gasteiger partial charge in [-0.1, -0.05) is 6.92 Å². The van der Waals surface area contributed by atoms with E-state index < -0.39 is 10.0 Å². The summed E-state index contributed by atoms with van der Waals surface area (Å²) in [6, 6.07) is 8.22. The zero-order chi connectivity index (χ0) is 24.3. The fourth-order valence-electron chi connectivity index (χ4n) is 3.96. The number of benzene rings is 1. The van der Waals surface area contributed by atoms with Crippen molar-refractivity contribution in [1.29, 1.82) is 0 Å². The third-order valence-electron chi connectivity index (χ3n) is 5.73. The van der Waals surface area contributed by atoms with Gasteiger partial charge in [0.05, 0.1) is 23.3 Å². The third-order valence-corrected chi connectivity index (χ3v) is 7.54. The van der Waals surface area contributed by atoms with Crippen molar-refractivity contribution in [3.05, 3.63) is 48.0 Å². The van der Waals surface area contributed by atoms with E-state index in [4.69, 9.17) is 8.83 Å². The van der Waals surface area contributed by atoms with Gasteiger partial charge in [0.15, 0.2) is 5.76 Å². The molecule has 4 rings (SSSR count). The lowest BCUT2D eigenvalue weighted by molar-refractivity contribution is 0.0729. The van der Waals surface area contributed by atoms with E-state index in [1.807, 2.05) is 6.92 Å². The number of anilines is 1. The highest BCUT2D eigenvalue weighted by molar-refractivity contribution is 7.89. The average Bonchev–Trinajstić information content (AvgIpc) is 3.60. The second-order valence-electron chi connectivity index (χ2n) is 8.37. The number of amides is 1. The highest BCUT2D eigenvalue weighted by atomic mass is 32.2. The number of furan rings is 1. The summed E-state index contributed by atoms with van der Waals surface area (Å²) in [7, 11) is -0.753. The molecule has 1 fully saturated rings. The lowest BCUT2D eigenvalue weighted by Gasteiger charge is -2.26. The number of carbonyl (C=O) groups is 1. The van der Waals surface area contributed by atoms with Crippen molar-refractivity contribution in [2.45, 2.75) is 37.6 Å². The molecule has 3 aromatic rings. The molecule has 1 aliphatic heterocycles. The Hall–Kier alpha value is -3.18. The van der Waals surface area contributed by atoms with E-state index in [0.29, 0.717) is 24.3 Å². The number of rotatable bonds is 9. The van der Waals surface area contributed by atoms with Gasteiger partial charge in [-0.3, -0.25) is 4.79 Å². The second-order valence-corrected chi connectivity index (χ2v) is 10.5. The minimum absolute atomic E-state index is 0.0816. The van der Waals surface area contributed by atoms with Crippen LogP contribution < -0.4 is 4.90 Å². The molecule has 1 amide bonds. The maximum Gasteiger partial charge on any atom is 0.283 e. The maximum absolute atomic E-state index is 13.8. The molecular formula is C23H29N5O5S. The van der Waals surface area contributed by atoms with Gasteiger partial charge in [-0.2, -0.15) is 0 Å². The smallest absolute Gasteiger partial charge is 0.283 e.